The van der Waals surface area contributed by atoms with Crippen LogP contribution in [0.5, 0.6) is 5.75 Å². The Morgan fingerprint density at radius 3 is 2.69 bits per heavy atom. The van der Waals surface area contributed by atoms with Gasteiger partial charge >= 0.3 is 5.97 Å². The first kappa shape index (κ1) is 17.9. The largest absolute Gasteiger partial charge is 0.482 e. The fraction of sp³-hybridized carbons (Fsp3) is 0.300. The molecule has 3 rings (SSSR count). The van der Waals surface area contributed by atoms with Gasteiger partial charge in [0.2, 0.25) is 0 Å². The van der Waals surface area contributed by atoms with E-state index in [9.17, 15) is 9.59 Å². The lowest BCUT2D eigenvalue weighted by Crippen LogP contribution is -2.34. The van der Waals surface area contributed by atoms with Gasteiger partial charge in [-0.15, -0.1) is 0 Å². The fourth-order valence-corrected chi connectivity index (χ4v) is 2.93. The normalized spacial score (nSPS) is 15.8. The minimum atomic E-state index is -1.01. The molecule has 0 aromatic heterocycles. The number of carboxylic acid groups (broad SMARTS) is 1. The van der Waals surface area contributed by atoms with Crippen molar-refractivity contribution in [3.8, 4) is 5.75 Å². The van der Waals surface area contributed by atoms with Crippen LogP contribution in [-0.2, 0) is 27.2 Å². The Bertz CT molecular complexity index is 772. The van der Waals surface area contributed by atoms with Gasteiger partial charge in [0, 0.05) is 6.54 Å². The summed E-state index contributed by atoms with van der Waals surface area (Å²) in [6.45, 7) is 0.682. The Morgan fingerprint density at radius 2 is 1.92 bits per heavy atom. The van der Waals surface area contributed by atoms with E-state index in [2.05, 4.69) is 5.32 Å². The molecular weight excluding hydrogens is 334 g/mol. The van der Waals surface area contributed by atoms with Crippen LogP contribution in [0.15, 0.2) is 48.5 Å². The van der Waals surface area contributed by atoms with Gasteiger partial charge in [0.1, 0.15) is 5.75 Å². The molecule has 2 aromatic rings. The van der Waals surface area contributed by atoms with Gasteiger partial charge in [-0.2, -0.15) is 0 Å². The minimum Gasteiger partial charge on any atom is -0.482 e. The van der Waals surface area contributed by atoms with Crippen molar-refractivity contribution < 1.29 is 24.2 Å². The van der Waals surface area contributed by atoms with Crippen LogP contribution in [0.25, 0.3) is 0 Å². The molecule has 0 radical (unpaired) electrons. The lowest BCUT2D eigenvalue weighted by atomic mass is 9.97. The molecule has 1 unspecified atom stereocenters. The van der Waals surface area contributed by atoms with Crippen LogP contribution in [0.2, 0.25) is 0 Å². The lowest BCUT2D eigenvalue weighted by Gasteiger charge is -2.25. The van der Waals surface area contributed by atoms with Crippen LogP contribution in [0, 0.1) is 0 Å². The Balaban J connectivity index is 1.49. The molecular formula is C20H21NO5. The molecule has 6 heteroatoms. The molecule has 2 aromatic carbocycles. The molecule has 1 aliphatic rings. The molecule has 1 aliphatic heterocycles. The van der Waals surface area contributed by atoms with Gasteiger partial charge in [-0.05, 0) is 41.7 Å². The van der Waals surface area contributed by atoms with E-state index in [1.165, 1.54) is 0 Å². The van der Waals surface area contributed by atoms with Crippen molar-refractivity contribution >= 4 is 11.9 Å². The van der Waals surface area contributed by atoms with Crippen LogP contribution in [0.4, 0.5) is 0 Å². The van der Waals surface area contributed by atoms with Gasteiger partial charge in [-0.25, -0.2) is 4.79 Å². The average Bonchev–Trinajstić information content (AvgIpc) is 2.66. The van der Waals surface area contributed by atoms with Crippen molar-refractivity contribution in [2.24, 2.45) is 0 Å². The molecule has 1 amide bonds. The monoisotopic (exact) mass is 355 g/mol. The molecule has 26 heavy (non-hydrogen) atoms. The molecule has 1 atom stereocenters. The van der Waals surface area contributed by atoms with Gasteiger partial charge in [-0.1, -0.05) is 36.4 Å². The standard InChI is InChI=1S/C20H21NO5/c22-18(23)13-26-16-7-5-14(6-8-16)9-11-21-20(24)19-17-4-2-1-3-15(17)10-12-25-19/h1-8,19H,9-13H2,(H,21,24)(H,22,23). The van der Waals surface area contributed by atoms with E-state index < -0.39 is 12.1 Å². The number of rotatable bonds is 7. The van der Waals surface area contributed by atoms with Crippen LogP contribution in [-0.4, -0.2) is 36.7 Å². The van der Waals surface area contributed by atoms with Crippen molar-refractivity contribution in [2.75, 3.05) is 19.8 Å². The second-order valence-corrected chi connectivity index (χ2v) is 6.07. The predicted molar refractivity (Wildman–Crippen MR) is 95.1 cm³/mol. The first-order valence-corrected chi connectivity index (χ1v) is 8.54. The van der Waals surface area contributed by atoms with E-state index in [1.54, 1.807) is 12.1 Å². The second-order valence-electron chi connectivity index (χ2n) is 6.07. The number of nitrogens with one attached hydrogen (secondary N) is 1. The molecule has 0 saturated heterocycles. The summed E-state index contributed by atoms with van der Waals surface area (Å²) in [7, 11) is 0. The lowest BCUT2D eigenvalue weighted by molar-refractivity contribution is -0.139. The quantitative estimate of drug-likeness (QED) is 0.795. The van der Waals surface area contributed by atoms with Crippen molar-refractivity contribution in [1.29, 1.82) is 0 Å². The predicted octanol–water partition coefficient (Wildman–Crippen LogP) is 2.12. The molecule has 0 saturated carbocycles. The average molecular weight is 355 g/mol. The van der Waals surface area contributed by atoms with E-state index in [-0.39, 0.29) is 12.5 Å². The van der Waals surface area contributed by atoms with Gasteiger partial charge in [0.15, 0.2) is 12.7 Å². The van der Waals surface area contributed by atoms with Crippen molar-refractivity contribution in [3.63, 3.8) is 0 Å². The highest BCUT2D eigenvalue weighted by molar-refractivity contribution is 5.82. The number of benzene rings is 2. The smallest absolute Gasteiger partial charge is 0.341 e. The van der Waals surface area contributed by atoms with E-state index >= 15 is 0 Å². The van der Waals surface area contributed by atoms with Crippen LogP contribution >= 0.6 is 0 Å². The first-order valence-electron chi connectivity index (χ1n) is 8.54. The highest BCUT2D eigenvalue weighted by Gasteiger charge is 2.26. The Kier molecular flexibility index (Phi) is 5.86. The SMILES string of the molecule is O=C(O)COc1ccc(CCNC(=O)C2OCCc3ccccc32)cc1. The van der Waals surface area contributed by atoms with Crippen LogP contribution < -0.4 is 10.1 Å². The number of carboxylic acids is 1. The maximum atomic E-state index is 12.4. The second kappa shape index (κ2) is 8.49. The van der Waals surface area contributed by atoms with Gasteiger partial charge in [-0.3, -0.25) is 4.79 Å². The summed E-state index contributed by atoms with van der Waals surface area (Å²) in [5.74, 6) is -0.630. The summed E-state index contributed by atoms with van der Waals surface area (Å²) in [6.07, 6.45) is 0.946. The number of carbonyl (C=O) groups is 2. The van der Waals surface area contributed by atoms with Crippen molar-refractivity contribution in [1.82, 2.24) is 5.32 Å². The third-order valence-electron chi connectivity index (χ3n) is 4.23. The molecule has 2 N–H and O–H groups in total. The zero-order valence-corrected chi connectivity index (χ0v) is 14.3. The van der Waals surface area contributed by atoms with Crippen molar-refractivity contribution in [3.05, 3.63) is 65.2 Å². The first-order chi connectivity index (χ1) is 12.6. The van der Waals surface area contributed by atoms with E-state index in [0.717, 1.165) is 23.1 Å². The number of amides is 1. The zero-order valence-electron chi connectivity index (χ0n) is 14.3. The van der Waals surface area contributed by atoms with E-state index in [1.807, 2.05) is 36.4 Å². The zero-order chi connectivity index (χ0) is 18.4. The van der Waals surface area contributed by atoms with E-state index in [0.29, 0.717) is 25.3 Å². The Labute approximate surface area is 151 Å². The fourth-order valence-electron chi connectivity index (χ4n) is 2.93. The maximum absolute atomic E-state index is 12.4. The number of hydrogen-bond donors (Lipinski definition) is 2. The van der Waals surface area contributed by atoms with E-state index in [4.69, 9.17) is 14.6 Å². The molecule has 0 spiro atoms. The Hall–Kier alpha value is -2.86. The van der Waals surface area contributed by atoms with Crippen LogP contribution in [0.1, 0.15) is 22.8 Å². The number of hydrogen-bond acceptors (Lipinski definition) is 4. The number of fused-ring (bicyclic) bond motifs is 1. The summed E-state index contributed by atoms with van der Waals surface area (Å²) in [5.41, 5.74) is 3.13. The number of carbonyl (C=O) groups excluding carboxylic acids is 1. The molecule has 6 nitrogen and oxygen atoms in total. The van der Waals surface area contributed by atoms with Crippen molar-refractivity contribution in [2.45, 2.75) is 18.9 Å². The highest BCUT2D eigenvalue weighted by Crippen LogP contribution is 2.26. The third kappa shape index (κ3) is 4.61. The van der Waals surface area contributed by atoms with Crippen LogP contribution in [0.3, 0.4) is 0 Å². The Morgan fingerprint density at radius 1 is 1.15 bits per heavy atom. The summed E-state index contributed by atoms with van der Waals surface area (Å²) >= 11 is 0. The minimum absolute atomic E-state index is 0.126. The summed E-state index contributed by atoms with van der Waals surface area (Å²) < 4.78 is 10.7. The highest BCUT2D eigenvalue weighted by atomic mass is 16.5. The molecule has 0 bridgehead atoms. The van der Waals surface area contributed by atoms with Gasteiger partial charge in [0.05, 0.1) is 6.61 Å². The number of aliphatic carboxylic acids is 1. The number of ether oxygens (including phenoxy) is 2. The third-order valence-corrected chi connectivity index (χ3v) is 4.23. The summed E-state index contributed by atoms with van der Waals surface area (Å²) in [6, 6.07) is 15.0. The topological polar surface area (TPSA) is 84.9 Å². The molecule has 0 aliphatic carbocycles. The summed E-state index contributed by atoms with van der Waals surface area (Å²) in [5, 5.41) is 11.5. The maximum Gasteiger partial charge on any atom is 0.341 e. The molecule has 1 heterocycles. The summed E-state index contributed by atoms with van der Waals surface area (Å²) in [4.78, 5) is 22.9. The van der Waals surface area contributed by atoms with Gasteiger partial charge < -0.3 is 19.9 Å². The van der Waals surface area contributed by atoms with Gasteiger partial charge in [0.25, 0.3) is 5.91 Å². The molecule has 0 fully saturated rings. The molecule has 136 valence electrons.